The Labute approximate surface area is 143 Å². The quantitative estimate of drug-likeness (QED) is 0.864. The zero-order chi connectivity index (χ0) is 15.6. The fourth-order valence-corrected chi connectivity index (χ4v) is 3.64. The number of benzene rings is 1. The summed E-state index contributed by atoms with van der Waals surface area (Å²) in [6.07, 6.45) is 7.28. The Bertz CT molecular complexity index is 524. The predicted octanol–water partition coefficient (Wildman–Crippen LogP) is 3.30. The molecule has 1 atom stereocenters. The van der Waals surface area contributed by atoms with E-state index in [0.29, 0.717) is 12.5 Å². The Morgan fingerprint density at radius 2 is 1.83 bits per heavy atom. The van der Waals surface area contributed by atoms with Crippen molar-refractivity contribution in [2.45, 2.75) is 56.4 Å². The molecule has 0 aliphatic heterocycles. The van der Waals surface area contributed by atoms with Crippen LogP contribution in [0.25, 0.3) is 0 Å². The lowest BCUT2D eigenvalue weighted by atomic mass is 9.68. The molecule has 0 heterocycles. The molecule has 0 saturated heterocycles. The highest BCUT2D eigenvalue weighted by Crippen LogP contribution is 2.40. The molecule has 1 amide bonds. The molecule has 0 aromatic heterocycles. The Balaban J connectivity index is 0.00000192. The minimum absolute atomic E-state index is 0. The van der Waals surface area contributed by atoms with E-state index >= 15 is 0 Å². The highest BCUT2D eigenvalue weighted by atomic mass is 35.5. The molecule has 2 aliphatic carbocycles. The molecule has 0 spiro atoms. The van der Waals surface area contributed by atoms with Crippen LogP contribution in [0.5, 0.6) is 0 Å². The molecule has 1 aromatic carbocycles. The van der Waals surface area contributed by atoms with Crippen molar-refractivity contribution in [1.82, 2.24) is 5.32 Å². The summed E-state index contributed by atoms with van der Waals surface area (Å²) in [6.45, 7) is 0.548. The molecule has 1 unspecified atom stereocenters. The Morgan fingerprint density at radius 3 is 2.39 bits per heavy atom. The highest BCUT2D eigenvalue weighted by Gasteiger charge is 2.41. The third kappa shape index (κ3) is 4.04. The van der Waals surface area contributed by atoms with E-state index in [1.807, 2.05) is 0 Å². The third-order valence-corrected chi connectivity index (χ3v) is 5.26. The van der Waals surface area contributed by atoms with Crippen molar-refractivity contribution in [2.24, 2.45) is 11.7 Å². The first-order valence-electron chi connectivity index (χ1n) is 8.42. The van der Waals surface area contributed by atoms with E-state index in [4.69, 9.17) is 5.73 Å². The number of amides is 1. The van der Waals surface area contributed by atoms with Crippen molar-refractivity contribution >= 4 is 18.3 Å². The highest BCUT2D eigenvalue weighted by molar-refractivity contribution is 5.88. The number of hydrogen-bond donors (Lipinski definition) is 2. The first-order valence-corrected chi connectivity index (χ1v) is 8.42. The van der Waals surface area contributed by atoms with E-state index in [0.717, 1.165) is 37.7 Å². The van der Waals surface area contributed by atoms with Gasteiger partial charge in [-0.25, -0.2) is 4.39 Å². The van der Waals surface area contributed by atoms with Crippen LogP contribution in [0, 0.1) is 11.7 Å². The first-order chi connectivity index (χ1) is 10.6. The first kappa shape index (κ1) is 18.2. The van der Waals surface area contributed by atoms with Crippen LogP contribution in [-0.4, -0.2) is 18.5 Å². The Morgan fingerprint density at radius 1 is 1.22 bits per heavy atom. The summed E-state index contributed by atoms with van der Waals surface area (Å²) in [4.78, 5) is 12.9. The normalized spacial score (nSPS) is 21.1. The van der Waals surface area contributed by atoms with Gasteiger partial charge in [0.2, 0.25) is 5.91 Å². The van der Waals surface area contributed by atoms with Crippen LogP contribution < -0.4 is 11.1 Å². The van der Waals surface area contributed by atoms with E-state index in [1.165, 1.54) is 25.0 Å². The second-order valence-electron chi connectivity index (χ2n) is 6.86. The lowest BCUT2D eigenvalue weighted by molar-refractivity contribution is -0.128. The molecule has 1 aromatic rings. The van der Waals surface area contributed by atoms with Crippen LogP contribution in [0.3, 0.4) is 0 Å². The van der Waals surface area contributed by atoms with Crippen molar-refractivity contribution in [3.63, 3.8) is 0 Å². The van der Waals surface area contributed by atoms with E-state index in [1.54, 1.807) is 12.1 Å². The van der Waals surface area contributed by atoms with Crippen LogP contribution in [0.4, 0.5) is 4.39 Å². The standard InChI is InChI=1S/C18H25FN2O.ClH/c19-15-8-6-14(7-9-15)18(10-2-1-3-11-18)17(22)21-12-16(20)13-4-5-13;/h6-9,13,16H,1-5,10-12,20H2,(H,21,22);1H. The van der Waals surface area contributed by atoms with Gasteiger partial charge in [0.1, 0.15) is 5.82 Å². The maximum absolute atomic E-state index is 13.2. The van der Waals surface area contributed by atoms with Gasteiger partial charge in [-0.3, -0.25) is 4.79 Å². The van der Waals surface area contributed by atoms with Crippen molar-refractivity contribution in [3.8, 4) is 0 Å². The van der Waals surface area contributed by atoms with Gasteiger partial charge in [-0.05, 0) is 49.3 Å². The lowest BCUT2D eigenvalue weighted by Crippen LogP contribution is -2.49. The SMILES string of the molecule is Cl.NC(CNC(=O)C1(c2ccc(F)cc2)CCCCC1)C1CC1. The average Bonchev–Trinajstić information content (AvgIpc) is 3.38. The van der Waals surface area contributed by atoms with Crippen LogP contribution in [0.15, 0.2) is 24.3 Å². The third-order valence-electron chi connectivity index (χ3n) is 5.26. The van der Waals surface area contributed by atoms with Gasteiger partial charge in [-0.2, -0.15) is 0 Å². The summed E-state index contributed by atoms with van der Waals surface area (Å²) < 4.78 is 13.2. The summed E-state index contributed by atoms with van der Waals surface area (Å²) in [5.41, 5.74) is 6.53. The van der Waals surface area contributed by atoms with Gasteiger partial charge in [-0.1, -0.05) is 31.4 Å². The molecule has 128 valence electrons. The summed E-state index contributed by atoms with van der Waals surface area (Å²) in [7, 11) is 0. The zero-order valence-electron chi connectivity index (χ0n) is 13.4. The molecule has 2 fully saturated rings. The van der Waals surface area contributed by atoms with Crippen LogP contribution in [0.1, 0.15) is 50.5 Å². The molecule has 23 heavy (non-hydrogen) atoms. The van der Waals surface area contributed by atoms with Crippen molar-refractivity contribution in [2.75, 3.05) is 6.54 Å². The molecular weight excluding hydrogens is 315 g/mol. The monoisotopic (exact) mass is 340 g/mol. The van der Waals surface area contributed by atoms with E-state index in [9.17, 15) is 9.18 Å². The molecule has 5 heteroatoms. The number of nitrogens with one attached hydrogen (secondary N) is 1. The molecule has 0 bridgehead atoms. The molecule has 3 nitrogen and oxygen atoms in total. The molecular formula is C18H26ClFN2O. The number of nitrogens with two attached hydrogens (primary N) is 1. The van der Waals surface area contributed by atoms with Gasteiger partial charge in [0.15, 0.2) is 0 Å². The summed E-state index contributed by atoms with van der Waals surface area (Å²) >= 11 is 0. The Kier molecular flexibility index (Phi) is 6.04. The van der Waals surface area contributed by atoms with Gasteiger partial charge in [0.05, 0.1) is 5.41 Å². The minimum Gasteiger partial charge on any atom is -0.354 e. The second-order valence-corrected chi connectivity index (χ2v) is 6.86. The average molecular weight is 341 g/mol. The summed E-state index contributed by atoms with van der Waals surface area (Å²) in [5, 5.41) is 3.07. The van der Waals surface area contributed by atoms with Gasteiger partial charge < -0.3 is 11.1 Å². The van der Waals surface area contributed by atoms with E-state index in [2.05, 4.69) is 5.32 Å². The topological polar surface area (TPSA) is 55.1 Å². The minimum atomic E-state index is -0.505. The fourth-order valence-electron chi connectivity index (χ4n) is 3.64. The summed E-state index contributed by atoms with van der Waals surface area (Å²) in [6, 6.07) is 6.50. The fraction of sp³-hybridized carbons (Fsp3) is 0.611. The predicted molar refractivity (Wildman–Crippen MR) is 92.1 cm³/mol. The Hall–Kier alpha value is -1.13. The number of carbonyl (C=O) groups excluding carboxylic acids is 1. The molecule has 3 rings (SSSR count). The molecule has 2 aliphatic rings. The van der Waals surface area contributed by atoms with Crippen molar-refractivity contribution in [3.05, 3.63) is 35.6 Å². The molecule has 3 N–H and O–H groups in total. The van der Waals surface area contributed by atoms with Gasteiger partial charge >= 0.3 is 0 Å². The molecule has 0 radical (unpaired) electrons. The van der Waals surface area contributed by atoms with Crippen molar-refractivity contribution < 1.29 is 9.18 Å². The smallest absolute Gasteiger partial charge is 0.230 e. The van der Waals surface area contributed by atoms with Gasteiger partial charge in [0, 0.05) is 12.6 Å². The maximum atomic E-state index is 13.2. The van der Waals surface area contributed by atoms with E-state index in [-0.39, 0.29) is 30.2 Å². The zero-order valence-corrected chi connectivity index (χ0v) is 14.2. The number of carbonyl (C=O) groups is 1. The van der Waals surface area contributed by atoms with Crippen LogP contribution in [0.2, 0.25) is 0 Å². The molecule has 2 saturated carbocycles. The van der Waals surface area contributed by atoms with Crippen LogP contribution >= 0.6 is 12.4 Å². The van der Waals surface area contributed by atoms with Gasteiger partial charge in [0.25, 0.3) is 0 Å². The summed E-state index contributed by atoms with van der Waals surface area (Å²) in [5.74, 6) is 0.384. The number of hydrogen-bond acceptors (Lipinski definition) is 2. The van der Waals surface area contributed by atoms with Crippen LogP contribution in [-0.2, 0) is 10.2 Å². The second kappa shape index (κ2) is 7.63. The number of rotatable bonds is 5. The maximum Gasteiger partial charge on any atom is 0.230 e. The van der Waals surface area contributed by atoms with Gasteiger partial charge in [-0.15, -0.1) is 12.4 Å². The lowest BCUT2D eigenvalue weighted by Gasteiger charge is -2.36. The van der Waals surface area contributed by atoms with Crippen molar-refractivity contribution in [1.29, 1.82) is 0 Å². The number of halogens is 2. The van der Waals surface area contributed by atoms with E-state index < -0.39 is 5.41 Å². The largest absolute Gasteiger partial charge is 0.354 e.